The molecular formula is C23H28BrN3O2. The van der Waals surface area contributed by atoms with Crippen LogP contribution in [0.1, 0.15) is 33.9 Å². The molecule has 6 heteroatoms. The van der Waals surface area contributed by atoms with E-state index in [0.29, 0.717) is 12.1 Å². The van der Waals surface area contributed by atoms with Gasteiger partial charge in [0.2, 0.25) is 0 Å². The standard InChI is InChI=1S/C23H28BrN3O2/c1-26-10-2-3-18-15-19(6-9-21(18)26)22(27-11-13-29-14-12-27)16-25-23(28)17-4-7-20(24)8-5-17/h4-9,15,22H,2-3,10-14,16H2,1H3,(H,25,28). The SMILES string of the molecule is CN1CCCc2cc(C(CNC(=O)c3ccc(Br)cc3)N3CCOCC3)ccc21. The predicted molar refractivity (Wildman–Crippen MR) is 120 cm³/mol. The van der Waals surface area contributed by atoms with Crippen molar-refractivity contribution in [2.45, 2.75) is 18.9 Å². The fraction of sp³-hybridized carbons (Fsp3) is 0.435. The van der Waals surface area contributed by atoms with E-state index in [1.165, 1.54) is 23.2 Å². The summed E-state index contributed by atoms with van der Waals surface area (Å²) in [5, 5.41) is 3.16. The van der Waals surface area contributed by atoms with E-state index < -0.39 is 0 Å². The fourth-order valence-corrected chi connectivity index (χ4v) is 4.52. The maximum Gasteiger partial charge on any atom is 0.251 e. The van der Waals surface area contributed by atoms with E-state index in [4.69, 9.17) is 4.74 Å². The lowest BCUT2D eigenvalue weighted by molar-refractivity contribution is 0.0162. The van der Waals surface area contributed by atoms with E-state index in [-0.39, 0.29) is 11.9 Å². The Hall–Kier alpha value is -1.89. The number of ether oxygens (including phenoxy) is 1. The first-order chi connectivity index (χ1) is 14.1. The van der Waals surface area contributed by atoms with Crippen LogP contribution in [0.15, 0.2) is 46.9 Å². The highest BCUT2D eigenvalue weighted by atomic mass is 79.9. The Labute approximate surface area is 181 Å². The molecule has 2 aliphatic rings. The first-order valence-corrected chi connectivity index (χ1v) is 11.1. The maximum absolute atomic E-state index is 12.7. The van der Waals surface area contributed by atoms with Gasteiger partial charge in [0.25, 0.3) is 5.91 Å². The summed E-state index contributed by atoms with van der Waals surface area (Å²) in [5.74, 6) is -0.0338. The maximum atomic E-state index is 12.7. The third kappa shape index (κ3) is 4.82. The first-order valence-electron chi connectivity index (χ1n) is 10.3. The number of morpholine rings is 1. The third-order valence-electron chi connectivity index (χ3n) is 5.89. The van der Waals surface area contributed by atoms with Crippen LogP contribution >= 0.6 is 15.9 Å². The lowest BCUT2D eigenvalue weighted by Gasteiger charge is -2.36. The summed E-state index contributed by atoms with van der Waals surface area (Å²) >= 11 is 3.42. The van der Waals surface area contributed by atoms with Gasteiger partial charge in [0.1, 0.15) is 0 Å². The van der Waals surface area contributed by atoms with Gasteiger partial charge in [-0.2, -0.15) is 0 Å². The van der Waals surface area contributed by atoms with Gasteiger partial charge >= 0.3 is 0 Å². The second kappa shape index (κ2) is 9.28. The number of rotatable bonds is 5. The van der Waals surface area contributed by atoms with E-state index in [9.17, 15) is 4.79 Å². The van der Waals surface area contributed by atoms with Gasteiger partial charge in [0.05, 0.1) is 19.3 Å². The van der Waals surface area contributed by atoms with Crippen molar-refractivity contribution in [1.29, 1.82) is 0 Å². The van der Waals surface area contributed by atoms with Crippen LogP contribution in [0.25, 0.3) is 0 Å². The van der Waals surface area contributed by atoms with E-state index in [1.54, 1.807) is 0 Å². The molecule has 0 bridgehead atoms. The molecule has 0 saturated carbocycles. The molecule has 2 aromatic carbocycles. The van der Waals surface area contributed by atoms with Crippen LogP contribution in [-0.2, 0) is 11.2 Å². The van der Waals surface area contributed by atoms with Crippen molar-refractivity contribution in [3.8, 4) is 0 Å². The van der Waals surface area contributed by atoms with Crippen LogP contribution in [-0.4, -0.2) is 57.2 Å². The molecule has 154 valence electrons. The Morgan fingerprint density at radius 2 is 1.90 bits per heavy atom. The average Bonchev–Trinajstić information content (AvgIpc) is 2.75. The van der Waals surface area contributed by atoms with E-state index in [1.807, 2.05) is 24.3 Å². The Kier molecular flexibility index (Phi) is 6.53. The van der Waals surface area contributed by atoms with Crippen molar-refractivity contribution >= 4 is 27.5 Å². The third-order valence-corrected chi connectivity index (χ3v) is 6.42. The molecule has 1 unspecified atom stereocenters. The summed E-state index contributed by atoms with van der Waals surface area (Å²) in [5.41, 5.74) is 4.70. The zero-order valence-corrected chi connectivity index (χ0v) is 18.5. The zero-order chi connectivity index (χ0) is 20.2. The molecule has 0 radical (unpaired) electrons. The number of hydrogen-bond acceptors (Lipinski definition) is 4. The number of amides is 1. The number of nitrogens with one attached hydrogen (secondary N) is 1. The molecular weight excluding hydrogens is 430 g/mol. The molecule has 1 fully saturated rings. The molecule has 0 aliphatic carbocycles. The van der Waals surface area contributed by atoms with Crippen LogP contribution in [0.4, 0.5) is 5.69 Å². The number of carbonyl (C=O) groups excluding carboxylic acids is 1. The van der Waals surface area contributed by atoms with Crippen LogP contribution in [0, 0.1) is 0 Å². The molecule has 1 saturated heterocycles. The van der Waals surface area contributed by atoms with Crippen LogP contribution in [0.3, 0.4) is 0 Å². The highest BCUT2D eigenvalue weighted by Crippen LogP contribution is 2.31. The lowest BCUT2D eigenvalue weighted by Crippen LogP contribution is -2.44. The fourth-order valence-electron chi connectivity index (χ4n) is 4.25. The van der Waals surface area contributed by atoms with Gasteiger partial charge in [-0.3, -0.25) is 9.69 Å². The van der Waals surface area contributed by atoms with Crippen molar-refractivity contribution in [2.24, 2.45) is 0 Å². The van der Waals surface area contributed by atoms with Crippen molar-refractivity contribution in [2.75, 3.05) is 51.3 Å². The Morgan fingerprint density at radius 1 is 1.14 bits per heavy atom. The topological polar surface area (TPSA) is 44.8 Å². The first kappa shape index (κ1) is 20.4. The molecule has 5 nitrogen and oxygen atoms in total. The molecule has 1 amide bonds. The van der Waals surface area contributed by atoms with Gasteiger partial charge in [0.15, 0.2) is 0 Å². The van der Waals surface area contributed by atoms with Crippen molar-refractivity contribution in [1.82, 2.24) is 10.2 Å². The van der Waals surface area contributed by atoms with Crippen LogP contribution in [0.5, 0.6) is 0 Å². The molecule has 2 aromatic rings. The molecule has 2 heterocycles. The minimum absolute atomic E-state index is 0.0338. The van der Waals surface area contributed by atoms with Gasteiger partial charge < -0.3 is 15.0 Å². The second-order valence-electron chi connectivity index (χ2n) is 7.79. The van der Waals surface area contributed by atoms with Gasteiger partial charge in [-0.25, -0.2) is 0 Å². The lowest BCUT2D eigenvalue weighted by atomic mass is 9.95. The van der Waals surface area contributed by atoms with E-state index in [0.717, 1.165) is 43.7 Å². The largest absolute Gasteiger partial charge is 0.379 e. The number of fused-ring (bicyclic) bond motifs is 1. The smallest absolute Gasteiger partial charge is 0.251 e. The van der Waals surface area contributed by atoms with E-state index >= 15 is 0 Å². The number of hydrogen-bond donors (Lipinski definition) is 1. The highest BCUT2D eigenvalue weighted by molar-refractivity contribution is 9.10. The Bertz CT molecular complexity index is 850. The van der Waals surface area contributed by atoms with Gasteiger partial charge in [0, 0.05) is 49.0 Å². The van der Waals surface area contributed by atoms with Crippen LogP contribution < -0.4 is 10.2 Å². The van der Waals surface area contributed by atoms with Crippen molar-refractivity contribution < 1.29 is 9.53 Å². The van der Waals surface area contributed by atoms with Gasteiger partial charge in [-0.05, 0) is 54.3 Å². The zero-order valence-electron chi connectivity index (χ0n) is 16.9. The monoisotopic (exact) mass is 457 g/mol. The molecule has 1 atom stereocenters. The molecule has 0 aromatic heterocycles. The van der Waals surface area contributed by atoms with Crippen molar-refractivity contribution in [3.63, 3.8) is 0 Å². The molecule has 4 rings (SSSR count). The number of halogens is 1. The minimum Gasteiger partial charge on any atom is -0.379 e. The number of anilines is 1. The average molecular weight is 458 g/mol. The number of aryl methyl sites for hydroxylation is 1. The molecule has 1 N–H and O–H groups in total. The summed E-state index contributed by atoms with van der Waals surface area (Å²) in [7, 11) is 2.16. The molecule has 0 spiro atoms. The number of carbonyl (C=O) groups is 1. The summed E-state index contributed by atoms with van der Waals surface area (Å²) in [6, 6.07) is 14.5. The summed E-state index contributed by atoms with van der Waals surface area (Å²) in [6.45, 7) is 4.95. The number of benzene rings is 2. The van der Waals surface area contributed by atoms with Crippen LogP contribution in [0.2, 0.25) is 0 Å². The minimum atomic E-state index is -0.0338. The summed E-state index contributed by atoms with van der Waals surface area (Å²) in [4.78, 5) is 17.4. The predicted octanol–water partition coefficient (Wildman–Crippen LogP) is 3.63. The molecule has 29 heavy (non-hydrogen) atoms. The van der Waals surface area contributed by atoms with Gasteiger partial charge in [-0.15, -0.1) is 0 Å². The second-order valence-corrected chi connectivity index (χ2v) is 8.71. The van der Waals surface area contributed by atoms with Crippen molar-refractivity contribution in [3.05, 3.63) is 63.6 Å². The van der Waals surface area contributed by atoms with E-state index in [2.05, 4.69) is 56.3 Å². The molecule has 2 aliphatic heterocycles. The highest BCUT2D eigenvalue weighted by Gasteiger charge is 2.25. The Morgan fingerprint density at radius 3 is 2.66 bits per heavy atom. The quantitative estimate of drug-likeness (QED) is 0.744. The Balaban J connectivity index is 1.53. The summed E-state index contributed by atoms with van der Waals surface area (Å²) in [6.07, 6.45) is 2.31. The normalized spacial score (nSPS) is 18.2. The summed E-state index contributed by atoms with van der Waals surface area (Å²) < 4.78 is 6.53. The number of nitrogens with zero attached hydrogens (tertiary/aromatic N) is 2. The van der Waals surface area contributed by atoms with Gasteiger partial charge in [-0.1, -0.05) is 28.1 Å².